The molecule has 142 valence electrons. The number of non-ortho nitro benzene ring substituents is 1. The standard InChI is InChI=1S/C19H19NO7/c1-11-15-10-19(17(21)25-2,18(22)26-3)9-13(15)8-16(27-11)12-4-6-14(7-5-12)20(23)24/h4-8,13H,9-10H2,1-3H3/t13-/m1/s1. The number of fused-ring (bicyclic) bond motifs is 1. The van der Waals surface area contributed by atoms with Crippen molar-refractivity contribution in [3.8, 4) is 0 Å². The molecule has 3 rings (SSSR count). The van der Waals surface area contributed by atoms with Gasteiger partial charge in [-0.05, 0) is 43.5 Å². The zero-order chi connectivity index (χ0) is 19.8. The minimum absolute atomic E-state index is 0.0145. The van der Waals surface area contributed by atoms with E-state index in [1.807, 2.05) is 6.08 Å². The Balaban J connectivity index is 1.95. The van der Waals surface area contributed by atoms with Gasteiger partial charge in [-0.1, -0.05) is 0 Å². The second-order valence-corrected chi connectivity index (χ2v) is 6.57. The fourth-order valence-electron chi connectivity index (χ4n) is 3.71. The highest BCUT2D eigenvalue weighted by molar-refractivity contribution is 6.01. The molecule has 1 aliphatic carbocycles. The maximum atomic E-state index is 12.4. The Hall–Kier alpha value is -3.16. The molecule has 1 aromatic rings. The monoisotopic (exact) mass is 373 g/mol. The number of ether oxygens (including phenoxy) is 3. The molecule has 8 nitrogen and oxygen atoms in total. The summed E-state index contributed by atoms with van der Waals surface area (Å²) in [5.41, 5.74) is 0.110. The van der Waals surface area contributed by atoms with E-state index in [0.29, 0.717) is 17.1 Å². The van der Waals surface area contributed by atoms with Crippen LogP contribution in [0.3, 0.4) is 0 Å². The van der Waals surface area contributed by atoms with Crippen LogP contribution in [0.15, 0.2) is 41.7 Å². The number of rotatable bonds is 4. The summed E-state index contributed by atoms with van der Waals surface area (Å²) < 4.78 is 15.6. The van der Waals surface area contributed by atoms with Crippen molar-refractivity contribution < 1.29 is 28.7 Å². The molecule has 27 heavy (non-hydrogen) atoms. The highest BCUT2D eigenvalue weighted by Gasteiger charge is 2.56. The van der Waals surface area contributed by atoms with Gasteiger partial charge >= 0.3 is 11.9 Å². The van der Waals surface area contributed by atoms with Crippen LogP contribution in [0.2, 0.25) is 0 Å². The van der Waals surface area contributed by atoms with Gasteiger partial charge in [-0.15, -0.1) is 0 Å². The van der Waals surface area contributed by atoms with Crippen molar-refractivity contribution in [3.63, 3.8) is 0 Å². The largest absolute Gasteiger partial charge is 0.468 e. The summed E-state index contributed by atoms with van der Waals surface area (Å²) in [7, 11) is 2.48. The molecule has 0 bridgehead atoms. The third kappa shape index (κ3) is 3.07. The number of carbonyl (C=O) groups is 2. The third-order valence-electron chi connectivity index (χ3n) is 5.09. The fraction of sp³-hybridized carbons (Fsp3) is 0.368. The molecule has 0 saturated heterocycles. The molecule has 1 aromatic carbocycles. The number of hydrogen-bond acceptors (Lipinski definition) is 7. The Morgan fingerprint density at radius 3 is 2.30 bits per heavy atom. The summed E-state index contributed by atoms with van der Waals surface area (Å²) in [5, 5.41) is 10.8. The Morgan fingerprint density at radius 1 is 1.19 bits per heavy atom. The van der Waals surface area contributed by atoms with Gasteiger partial charge in [0.05, 0.1) is 19.1 Å². The number of nitro groups is 1. The van der Waals surface area contributed by atoms with Gasteiger partial charge in [0.25, 0.3) is 5.69 Å². The molecule has 0 aromatic heterocycles. The molecule has 8 heteroatoms. The predicted octanol–water partition coefficient (Wildman–Crippen LogP) is 2.98. The summed E-state index contributed by atoms with van der Waals surface area (Å²) in [6.07, 6.45) is 2.23. The fourth-order valence-corrected chi connectivity index (χ4v) is 3.71. The van der Waals surface area contributed by atoms with Crippen molar-refractivity contribution in [3.05, 3.63) is 57.4 Å². The second-order valence-electron chi connectivity index (χ2n) is 6.57. The van der Waals surface area contributed by atoms with E-state index in [0.717, 1.165) is 5.57 Å². The Labute approximate surface area is 155 Å². The molecular weight excluding hydrogens is 354 g/mol. The van der Waals surface area contributed by atoms with Crippen LogP contribution in [0, 0.1) is 21.4 Å². The van der Waals surface area contributed by atoms with Crippen molar-refractivity contribution in [2.24, 2.45) is 11.3 Å². The third-order valence-corrected chi connectivity index (χ3v) is 5.09. The SMILES string of the molecule is COC(=O)C1(C(=O)OC)CC2=C(C)OC(c3ccc([N+](=O)[O-])cc3)=C[C@@H]2C1. The van der Waals surface area contributed by atoms with E-state index in [4.69, 9.17) is 14.2 Å². The number of methoxy groups -OCH3 is 2. The lowest BCUT2D eigenvalue weighted by Gasteiger charge is -2.22. The molecule has 1 saturated carbocycles. The first-order valence-electron chi connectivity index (χ1n) is 8.33. The van der Waals surface area contributed by atoms with E-state index < -0.39 is 22.3 Å². The minimum atomic E-state index is -1.39. The van der Waals surface area contributed by atoms with Crippen LogP contribution in [0.25, 0.3) is 5.76 Å². The number of benzene rings is 1. The molecule has 1 fully saturated rings. The first kappa shape index (κ1) is 18.6. The molecule has 0 radical (unpaired) electrons. The summed E-state index contributed by atoms with van der Waals surface area (Å²) >= 11 is 0. The smallest absolute Gasteiger partial charge is 0.323 e. The zero-order valence-corrected chi connectivity index (χ0v) is 15.2. The number of nitro benzene ring substituents is 1. The van der Waals surface area contributed by atoms with Gasteiger partial charge in [0.1, 0.15) is 11.5 Å². The molecule has 2 aliphatic rings. The maximum Gasteiger partial charge on any atom is 0.323 e. The number of hydrogen-bond donors (Lipinski definition) is 0. The quantitative estimate of drug-likeness (QED) is 0.346. The predicted molar refractivity (Wildman–Crippen MR) is 94.0 cm³/mol. The van der Waals surface area contributed by atoms with Crippen molar-refractivity contribution in [2.75, 3.05) is 14.2 Å². The van der Waals surface area contributed by atoms with Crippen LogP contribution in [-0.2, 0) is 23.8 Å². The average molecular weight is 373 g/mol. The summed E-state index contributed by atoms with van der Waals surface area (Å²) in [6.45, 7) is 1.77. The van der Waals surface area contributed by atoms with Crippen molar-refractivity contribution >= 4 is 23.4 Å². The Morgan fingerprint density at radius 2 is 1.78 bits per heavy atom. The maximum absolute atomic E-state index is 12.4. The van der Waals surface area contributed by atoms with Gasteiger partial charge in [0.15, 0.2) is 5.41 Å². The van der Waals surface area contributed by atoms with Gasteiger partial charge in [0.2, 0.25) is 0 Å². The number of nitrogens with zero attached hydrogens (tertiary/aromatic N) is 1. The first-order chi connectivity index (χ1) is 12.8. The number of esters is 2. The molecule has 0 amide bonds. The van der Waals surface area contributed by atoms with E-state index in [9.17, 15) is 19.7 Å². The van der Waals surface area contributed by atoms with Crippen molar-refractivity contribution in [1.29, 1.82) is 0 Å². The zero-order valence-electron chi connectivity index (χ0n) is 15.2. The highest BCUT2D eigenvalue weighted by Crippen LogP contribution is 2.51. The van der Waals surface area contributed by atoms with Gasteiger partial charge in [-0.25, -0.2) is 0 Å². The average Bonchev–Trinajstić information content (AvgIpc) is 3.08. The molecule has 1 aliphatic heterocycles. The van der Waals surface area contributed by atoms with E-state index in [1.165, 1.54) is 26.4 Å². The van der Waals surface area contributed by atoms with Gasteiger partial charge in [0, 0.05) is 23.6 Å². The Bertz CT molecular complexity index is 851. The number of carbonyl (C=O) groups excluding carboxylic acids is 2. The lowest BCUT2D eigenvalue weighted by atomic mass is 9.85. The van der Waals surface area contributed by atoms with Gasteiger partial charge in [-0.2, -0.15) is 0 Å². The number of allylic oxidation sites excluding steroid dienone is 3. The molecule has 0 unspecified atom stereocenters. The Kier molecular flexibility index (Phi) is 4.73. The van der Waals surface area contributed by atoms with Crippen LogP contribution >= 0.6 is 0 Å². The molecular formula is C19H19NO7. The van der Waals surface area contributed by atoms with Crippen LogP contribution in [0.1, 0.15) is 25.3 Å². The summed E-state index contributed by atoms with van der Waals surface area (Å²) in [5.74, 6) is -0.321. The molecule has 1 heterocycles. The van der Waals surface area contributed by atoms with Crippen molar-refractivity contribution in [2.45, 2.75) is 19.8 Å². The molecule has 0 N–H and O–H groups in total. The summed E-state index contributed by atoms with van der Waals surface area (Å²) in [4.78, 5) is 35.1. The normalized spacial score (nSPS) is 20.3. The lowest BCUT2D eigenvalue weighted by Crippen LogP contribution is -2.39. The summed E-state index contributed by atoms with van der Waals surface area (Å²) in [6, 6.07) is 6.00. The van der Waals surface area contributed by atoms with Crippen LogP contribution in [-0.4, -0.2) is 31.1 Å². The van der Waals surface area contributed by atoms with Gasteiger partial charge in [-0.3, -0.25) is 19.7 Å². The van der Waals surface area contributed by atoms with Crippen LogP contribution < -0.4 is 0 Å². The van der Waals surface area contributed by atoms with E-state index in [1.54, 1.807) is 19.1 Å². The molecule has 0 spiro atoms. The highest BCUT2D eigenvalue weighted by atomic mass is 16.6. The van der Waals surface area contributed by atoms with Gasteiger partial charge < -0.3 is 14.2 Å². The van der Waals surface area contributed by atoms with E-state index in [2.05, 4.69) is 0 Å². The lowest BCUT2D eigenvalue weighted by molar-refractivity contribution is -0.384. The first-order valence-corrected chi connectivity index (χ1v) is 8.33. The van der Waals surface area contributed by atoms with Crippen LogP contribution in [0.4, 0.5) is 5.69 Å². The van der Waals surface area contributed by atoms with Crippen molar-refractivity contribution in [1.82, 2.24) is 0 Å². The topological polar surface area (TPSA) is 105 Å². The van der Waals surface area contributed by atoms with E-state index >= 15 is 0 Å². The van der Waals surface area contributed by atoms with E-state index in [-0.39, 0.29) is 24.4 Å². The minimum Gasteiger partial charge on any atom is -0.468 e. The molecule has 1 atom stereocenters. The van der Waals surface area contributed by atoms with Crippen LogP contribution in [0.5, 0.6) is 0 Å². The second kappa shape index (κ2) is 6.86.